The molecule has 142 valence electrons. The number of benzene rings is 2. The van der Waals surface area contributed by atoms with Gasteiger partial charge in [0.1, 0.15) is 5.82 Å². The molecule has 1 atom stereocenters. The number of rotatable bonds is 8. The predicted octanol–water partition coefficient (Wildman–Crippen LogP) is 3.95. The van der Waals surface area contributed by atoms with Crippen molar-refractivity contribution in [2.75, 3.05) is 13.1 Å². The zero-order chi connectivity index (χ0) is 19.2. The van der Waals surface area contributed by atoms with Crippen molar-refractivity contribution in [1.82, 2.24) is 15.6 Å². The largest absolute Gasteiger partial charge is 0.361 e. The van der Waals surface area contributed by atoms with Gasteiger partial charge in [0.15, 0.2) is 0 Å². The molecule has 1 heterocycles. The Balaban J connectivity index is 1.49. The van der Waals surface area contributed by atoms with E-state index in [0.717, 1.165) is 17.5 Å². The molecule has 0 unspecified atom stereocenters. The maximum absolute atomic E-state index is 13.1. The van der Waals surface area contributed by atoms with E-state index in [-0.39, 0.29) is 30.2 Å². The maximum Gasteiger partial charge on any atom is 0.233 e. The highest BCUT2D eigenvalue weighted by molar-refractivity contribution is 5.83. The van der Waals surface area contributed by atoms with Crippen molar-refractivity contribution < 1.29 is 9.18 Å². The summed E-state index contributed by atoms with van der Waals surface area (Å²) >= 11 is 0. The number of fused-ring (bicyclic) bond motifs is 1. The molecule has 0 aliphatic heterocycles. The van der Waals surface area contributed by atoms with E-state index in [9.17, 15) is 9.18 Å². The zero-order valence-electron chi connectivity index (χ0n) is 15.8. The summed E-state index contributed by atoms with van der Waals surface area (Å²) in [7, 11) is 0. The molecule has 3 rings (SSSR count). The second-order valence-corrected chi connectivity index (χ2v) is 7.11. The molecule has 0 saturated heterocycles. The summed E-state index contributed by atoms with van der Waals surface area (Å²) in [5.41, 5.74) is 3.29. The van der Waals surface area contributed by atoms with E-state index in [4.69, 9.17) is 0 Å². The molecule has 0 aliphatic rings. The van der Waals surface area contributed by atoms with E-state index < -0.39 is 0 Å². The summed E-state index contributed by atoms with van der Waals surface area (Å²) in [5.74, 6) is -0.00614. The van der Waals surface area contributed by atoms with Crippen molar-refractivity contribution in [2.45, 2.75) is 26.3 Å². The van der Waals surface area contributed by atoms with Crippen LogP contribution < -0.4 is 10.6 Å². The fraction of sp³-hybridized carbons (Fsp3) is 0.318. The first-order valence-electron chi connectivity index (χ1n) is 9.35. The van der Waals surface area contributed by atoms with Crippen LogP contribution in [0.4, 0.5) is 4.39 Å². The normalized spacial score (nSPS) is 12.4. The lowest BCUT2D eigenvalue weighted by Crippen LogP contribution is -2.38. The van der Waals surface area contributed by atoms with Gasteiger partial charge in [0.25, 0.3) is 0 Å². The summed E-state index contributed by atoms with van der Waals surface area (Å²) < 4.78 is 13.1. The third kappa shape index (κ3) is 4.95. The monoisotopic (exact) mass is 367 g/mol. The first kappa shape index (κ1) is 19.1. The third-order valence-electron chi connectivity index (χ3n) is 4.77. The van der Waals surface area contributed by atoms with Crippen LogP contribution in [0.3, 0.4) is 0 Å². The SMILES string of the molecule is CC(C)[C@@H](NCC(=O)NCCc1c[nH]c2ccccc12)c1ccc(F)cc1. The molecule has 5 heteroatoms. The van der Waals surface area contributed by atoms with E-state index >= 15 is 0 Å². The minimum Gasteiger partial charge on any atom is -0.361 e. The Morgan fingerprint density at radius 3 is 2.59 bits per heavy atom. The number of carbonyl (C=O) groups is 1. The van der Waals surface area contributed by atoms with Gasteiger partial charge in [-0.1, -0.05) is 44.2 Å². The zero-order valence-corrected chi connectivity index (χ0v) is 15.8. The number of nitrogens with one attached hydrogen (secondary N) is 3. The average molecular weight is 367 g/mol. The van der Waals surface area contributed by atoms with E-state index in [1.54, 1.807) is 12.1 Å². The molecule has 1 amide bonds. The Labute approximate surface area is 159 Å². The van der Waals surface area contributed by atoms with E-state index in [0.29, 0.717) is 6.54 Å². The first-order chi connectivity index (χ1) is 13.0. The minimum atomic E-state index is -0.253. The molecule has 27 heavy (non-hydrogen) atoms. The number of hydrogen-bond acceptors (Lipinski definition) is 2. The van der Waals surface area contributed by atoms with Crippen LogP contribution in [0.2, 0.25) is 0 Å². The number of carbonyl (C=O) groups excluding carboxylic acids is 1. The number of aromatic nitrogens is 1. The van der Waals surface area contributed by atoms with Gasteiger partial charge in [-0.15, -0.1) is 0 Å². The van der Waals surface area contributed by atoms with Gasteiger partial charge < -0.3 is 15.6 Å². The van der Waals surface area contributed by atoms with Crippen LogP contribution in [-0.4, -0.2) is 24.0 Å². The molecule has 0 spiro atoms. The third-order valence-corrected chi connectivity index (χ3v) is 4.77. The second-order valence-electron chi connectivity index (χ2n) is 7.11. The molecule has 0 radical (unpaired) electrons. The number of para-hydroxylation sites is 1. The van der Waals surface area contributed by atoms with Crippen LogP contribution in [0.15, 0.2) is 54.7 Å². The quantitative estimate of drug-likeness (QED) is 0.565. The number of hydrogen-bond donors (Lipinski definition) is 3. The lowest BCUT2D eigenvalue weighted by molar-refractivity contribution is -0.120. The Kier molecular flexibility index (Phi) is 6.24. The second kappa shape index (κ2) is 8.82. The van der Waals surface area contributed by atoms with Crippen LogP contribution >= 0.6 is 0 Å². The highest BCUT2D eigenvalue weighted by atomic mass is 19.1. The highest BCUT2D eigenvalue weighted by Gasteiger charge is 2.16. The number of amides is 1. The summed E-state index contributed by atoms with van der Waals surface area (Å²) in [5, 5.41) is 7.45. The van der Waals surface area contributed by atoms with Crippen molar-refractivity contribution in [2.24, 2.45) is 5.92 Å². The molecule has 0 aliphatic carbocycles. The van der Waals surface area contributed by atoms with Crippen LogP contribution in [0.5, 0.6) is 0 Å². The fourth-order valence-electron chi connectivity index (χ4n) is 3.35. The van der Waals surface area contributed by atoms with Gasteiger partial charge >= 0.3 is 0 Å². The van der Waals surface area contributed by atoms with Gasteiger partial charge in [0.2, 0.25) is 5.91 Å². The maximum atomic E-state index is 13.1. The average Bonchev–Trinajstić information content (AvgIpc) is 3.06. The smallest absolute Gasteiger partial charge is 0.233 e. The Morgan fingerprint density at radius 1 is 1.11 bits per heavy atom. The Morgan fingerprint density at radius 2 is 1.85 bits per heavy atom. The molecule has 3 N–H and O–H groups in total. The van der Waals surface area contributed by atoms with Crippen LogP contribution in [0.1, 0.15) is 31.0 Å². The van der Waals surface area contributed by atoms with E-state index in [2.05, 4.69) is 35.5 Å². The molecule has 1 aromatic heterocycles. The van der Waals surface area contributed by atoms with Gasteiger partial charge in [-0.25, -0.2) is 4.39 Å². The molecule has 0 bridgehead atoms. The fourth-order valence-corrected chi connectivity index (χ4v) is 3.35. The number of aromatic amines is 1. The van der Waals surface area contributed by atoms with Crippen molar-refractivity contribution in [3.05, 3.63) is 71.7 Å². The van der Waals surface area contributed by atoms with Crippen molar-refractivity contribution in [3.8, 4) is 0 Å². The number of halogens is 1. The van der Waals surface area contributed by atoms with Gasteiger partial charge in [-0.3, -0.25) is 4.79 Å². The minimum absolute atomic E-state index is 0.00460. The Hall–Kier alpha value is -2.66. The van der Waals surface area contributed by atoms with Crippen LogP contribution in [0, 0.1) is 11.7 Å². The molecule has 3 aromatic rings. The lowest BCUT2D eigenvalue weighted by atomic mass is 9.96. The highest BCUT2D eigenvalue weighted by Crippen LogP contribution is 2.21. The summed E-state index contributed by atoms with van der Waals surface area (Å²) in [6, 6.07) is 14.6. The summed E-state index contributed by atoms with van der Waals surface area (Å²) in [6.07, 6.45) is 2.78. The topological polar surface area (TPSA) is 56.9 Å². The molecule has 4 nitrogen and oxygen atoms in total. The van der Waals surface area contributed by atoms with Crippen molar-refractivity contribution in [3.63, 3.8) is 0 Å². The van der Waals surface area contributed by atoms with Crippen LogP contribution in [-0.2, 0) is 11.2 Å². The van der Waals surface area contributed by atoms with Crippen LogP contribution in [0.25, 0.3) is 10.9 Å². The van der Waals surface area contributed by atoms with Gasteiger partial charge in [-0.05, 0) is 41.7 Å². The summed E-state index contributed by atoms with van der Waals surface area (Å²) in [6.45, 7) is 4.98. The number of H-pyrrole nitrogens is 1. The molecular weight excluding hydrogens is 341 g/mol. The molecule has 0 fully saturated rings. The standard InChI is InChI=1S/C22H26FN3O/c1-15(2)22(16-7-9-18(23)10-8-16)26-14-21(27)24-12-11-17-13-25-20-6-4-3-5-19(17)20/h3-10,13,15,22,25-26H,11-12,14H2,1-2H3,(H,24,27)/t22-/m1/s1. The predicted molar refractivity (Wildman–Crippen MR) is 107 cm³/mol. The van der Waals surface area contributed by atoms with Crippen molar-refractivity contribution >= 4 is 16.8 Å². The molecule has 0 saturated carbocycles. The molecule has 2 aromatic carbocycles. The van der Waals surface area contributed by atoms with E-state index in [1.165, 1.54) is 23.1 Å². The van der Waals surface area contributed by atoms with E-state index in [1.807, 2.05) is 24.4 Å². The van der Waals surface area contributed by atoms with Gasteiger partial charge in [0.05, 0.1) is 6.54 Å². The Bertz CT molecular complexity index is 886. The molecular formula is C22H26FN3O. The van der Waals surface area contributed by atoms with Gasteiger partial charge in [-0.2, -0.15) is 0 Å². The first-order valence-corrected chi connectivity index (χ1v) is 9.35. The lowest BCUT2D eigenvalue weighted by Gasteiger charge is -2.22. The van der Waals surface area contributed by atoms with Gasteiger partial charge in [0, 0.05) is 29.7 Å². The summed E-state index contributed by atoms with van der Waals surface area (Å²) in [4.78, 5) is 15.5. The van der Waals surface area contributed by atoms with Crippen molar-refractivity contribution in [1.29, 1.82) is 0 Å².